The van der Waals surface area contributed by atoms with Gasteiger partial charge in [0, 0.05) is 6.54 Å². The van der Waals surface area contributed by atoms with E-state index in [2.05, 4.69) is 27.8 Å². The fraction of sp³-hybridized carbons (Fsp3) is 0.222. The van der Waals surface area contributed by atoms with Gasteiger partial charge in [0.1, 0.15) is 11.3 Å². The Morgan fingerprint density at radius 1 is 1.41 bits per heavy atom. The summed E-state index contributed by atoms with van der Waals surface area (Å²) in [6, 6.07) is 4.94. The number of carbonyl (C=O) groups is 3. The number of thiocarbonyl (C=S) groups is 1. The second-order valence-electron chi connectivity index (χ2n) is 5.31. The number of halogens is 1. The van der Waals surface area contributed by atoms with Crippen LogP contribution in [0, 0.1) is 0 Å². The molecule has 1 aromatic carbocycles. The summed E-state index contributed by atoms with van der Waals surface area (Å²) in [5, 5.41) is 2.53. The highest BCUT2D eigenvalue weighted by Crippen LogP contribution is 2.27. The molecule has 1 fully saturated rings. The molecule has 1 saturated heterocycles. The van der Waals surface area contributed by atoms with Gasteiger partial charge in [0.2, 0.25) is 0 Å². The SMILES string of the molecule is C=CCN1C(=O)/C(=C/c2ccc(OCC(=O)OCC)c(Br)c2)C(=O)NC1=S. The zero-order chi connectivity index (χ0) is 20.0. The lowest BCUT2D eigenvalue weighted by atomic mass is 10.1. The van der Waals surface area contributed by atoms with E-state index in [0.717, 1.165) is 0 Å². The number of carbonyl (C=O) groups excluding carboxylic acids is 3. The van der Waals surface area contributed by atoms with Crippen molar-refractivity contribution >= 4 is 57.1 Å². The minimum Gasteiger partial charge on any atom is -0.481 e. The lowest BCUT2D eigenvalue weighted by Gasteiger charge is -2.27. The number of nitrogens with zero attached hydrogens (tertiary/aromatic N) is 1. The number of nitrogens with one attached hydrogen (secondary N) is 1. The number of hydrogen-bond donors (Lipinski definition) is 1. The molecule has 2 amide bonds. The molecule has 2 rings (SSSR count). The summed E-state index contributed by atoms with van der Waals surface area (Å²) in [5.41, 5.74) is 0.549. The van der Waals surface area contributed by atoms with Crippen molar-refractivity contribution in [3.05, 3.63) is 46.5 Å². The summed E-state index contributed by atoms with van der Waals surface area (Å²) < 4.78 is 10.7. The predicted octanol–water partition coefficient (Wildman–Crippen LogP) is 2.20. The number of rotatable bonds is 7. The first-order valence-corrected chi connectivity index (χ1v) is 9.15. The quantitative estimate of drug-likeness (QED) is 0.224. The van der Waals surface area contributed by atoms with E-state index < -0.39 is 17.8 Å². The lowest BCUT2D eigenvalue weighted by Crippen LogP contribution is -2.53. The molecule has 0 aromatic heterocycles. The Kier molecular flexibility index (Phi) is 7.26. The van der Waals surface area contributed by atoms with Gasteiger partial charge >= 0.3 is 5.97 Å². The summed E-state index contributed by atoms with van der Waals surface area (Å²) in [6.45, 7) is 5.54. The van der Waals surface area contributed by atoms with Gasteiger partial charge in [0.25, 0.3) is 11.8 Å². The van der Waals surface area contributed by atoms with E-state index in [1.54, 1.807) is 25.1 Å². The van der Waals surface area contributed by atoms with Crippen molar-refractivity contribution in [3.63, 3.8) is 0 Å². The largest absolute Gasteiger partial charge is 0.481 e. The monoisotopic (exact) mass is 452 g/mol. The molecule has 1 aliphatic rings. The van der Waals surface area contributed by atoms with Gasteiger partial charge in [-0.05, 0) is 58.8 Å². The third kappa shape index (κ3) is 5.24. The fourth-order valence-electron chi connectivity index (χ4n) is 2.22. The molecule has 1 aliphatic heterocycles. The Bertz CT molecular complexity index is 837. The number of amides is 2. The average Bonchev–Trinajstić information content (AvgIpc) is 2.61. The highest BCUT2D eigenvalue weighted by Gasteiger charge is 2.32. The van der Waals surface area contributed by atoms with Crippen LogP contribution in [0.4, 0.5) is 0 Å². The smallest absolute Gasteiger partial charge is 0.344 e. The van der Waals surface area contributed by atoms with Crippen molar-refractivity contribution in [2.24, 2.45) is 0 Å². The zero-order valence-corrected chi connectivity index (χ0v) is 16.9. The first kappa shape index (κ1) is 20.8. The van der Waals surface area contributed by atoms with E-state index in [9.17, 15) is 14.4 Å². The van der Waals surface area contributed by atoms with Crippen LogP contribution >= 0.6 is 28.1 Å². The number of ether oxygens (including phenoxy) is 2. The Balaban J connectivity index is 2.20. The molecule has 142 valence electrons. The molecule has 0 unspecified atom stereocenters. The van der Waals surface area contributed by atoms with E-state index in [1.807, 2.05) is 0 Å². The van der Waals surface area contributed by atoms with Gasteiger partial charge in [-0.1, -0.05) is 12.1 Å². The molecule has 9 heteroatoms. The van der Waals surface area contributed by atoms with Gasteiger partial charge in [-0.3, -0.25) is 19.8 Å². The first-order valence-electron chi connectivity index (χ1n) is 7.95. The normalized spacial score (nSPS) is 15.6. The summed E-state index contributed by atoms with van der Waals surface area (Å²) in [5.74, 6) is -1.11. The Labute approximate surface area is 170 Å². The van der Waals surface area contributed by atoms with E-state index in [0.29, 0.717) is 15.8 Å². The van der Waals surface area contributed by atoms with Crippen LogP contribution < -0.4 is 10.1 Å². The van der Waals surface area contributed by atoms with Crippen LogP contribution in [0.25, 0.3) is 6.08 Å². The van der Waals surface area contributed by atoms with Gasteiger partial charge in [-0.25, -0.2) is 4.79 Å². The second kappa shape index (κ2) is 9.43. The average molecular weight is 453 g/mol. The molecule has 0 spiro atoms. The molecule has 0 saturated carbocycles. The van der Waals surface area contributed by atoms with E-state index >= 15 is 0 Å². The molecule has 27 heavy (non-hydrogen) atoms. The molecule has 1 heterocycles. The lowest BCUT2D eigenvalue weighted by molar-refractivity contribution is -0.145. The van der Waals surface area contributed by atoms with Crippen molar-refractivity contribution in [1.29, 1.82) is 0 Å². The van der Waals surface area contributed by atoms with Crippen LogP contribution in [-0.2, 0) is 19.1 Å². The highest BCUT2D eigenvalue weighted by atomic mass is 79.9. The molecule has 0 atom stereocenters. The van der Waals surface area contributed by atoms with Crippen molar-refractivity contribution in [3.8, 4) is 5.75 Å². The number of esters is 1. The maximum atomic E-state index is 12.5. The third-order valence-corrected chi connectivity index (χ3v) is 4.36. The van der Waals surface area contributed by atoms with E-state index in [-0.39, 0.29) is 30.4 Å². The maximum Gasteiger partial charge on any atom is 0.344 e. The van der Waals surface area contributed by atoms with Crippen molar-refractivity contribution in [2.75, 3.05) is 19.8 Å². The topological polar surface area (TPSA) is 84.9 Å². The minimum absolute atomic E-state index is 0.0439. The van der Waals surface area contributed by atoms with Crippen LogP contribution in [0.3, 0.4) is 0 Å². The van der Waals surface area contributed by atoms with Gasteiger partial charge in [0.15, 0.2) is 11.7 Å². The Hall–Kier alpha value is -2.52. The molecule has 0 bridgehead atoms. The van der Waals surface area contributed by atoms with Gasteiger partial charge in [-0.2, -0.15) is 0 Å². The molecule has 7 nitrogen and oxygen atoms in total. The summed E-state index contributed by atoms with van der Waals surface area (Å²) >= 11 is 8.35. The van der Waals surface area contributed by atoms with E-state index in [4.69, 9.17) is 21.7 Å². The standard InChI is InChI=1S/C18H17BrN2O5S/c1-3-7-21-17(24)12(16(23)20-18(21)27)8-11-5-6-14(13(19)9-11)26-10-15(22)25-4-2/h3,5-6,8-9H,1,4,7,10H2,2H3,(H,20,23,27)/b12-8+. The molecule has 1 N–H and O–H groups in total. The van der Waals surface area contributed by atoms with Crippen LogP contribution in [0.2, 0.25) is 0 Å². The van der Waals surface area contributed by atoms with Crippen molar-refractivity contribution < 1.29 is 23.9 Å². The predicted molar refractivity (Wildman–Crippen MR) is 107 cm³/mol. The van der Waals surface area contributed by atoms with Crippen LogP contribution in [-0.4, -0.2) is 47.6 Å². The minimum atomic E-state index is -0.566. The highest BCUT2D eigenvalue weighted by molar-refractivity contribution is 9.10. The number of hydrogen-bond acceptors (Lipinski definition) is 6. The van der Waals surface area contributed by atoms with Crippen LogP contribution in [0.5, 0.6) is 5.75 Å². The third-order valence-electron chi connectivity index (χ3n) is 3.42. The Morgan fingerprint density at radius 2 is 2.15 bits per heavy atom. The molecule has 0 radical (unpaired) electrons. The maximum absolute atomic E-state index is 12.5. The van der Waals surface area contributed by atoms with Crippen LogP contribution in [0.1, 0.15) is 12.5 Å². The van der Waals surface area contributed by atoms with Gasteiger partial charge in [-0.15, -0.1) is 6.58 Å². The molecule has 1 aromatic rings. The fourth-order valence-corrected chi connectivity index (χ4v) is 2.98. The number of benzene rings is 1. The zero-order valence-electron chi connectivity index (χ0n) is 14.5. The molecular weight excluding hydrogens is 436 g/mol. The van der Waals surface area contributed by atoms with Crippen molar-refractivity contribution in [1.82, 2.24) is 10.2 Å². The van der Waals surface area contributed by atoms with Gasteiger partial charge < -0.3 is 9.47 Å². The van der Waals surface area contributed by atoms with Gasteiger partial charge in [0.05, 0.1) is 11.1 Å². The summed E-state index contributed by atoms with van der Waals surface area (Å²) in [4.78, 5) is 37.3. The summed E-state index contributed by atoms with van der Waals surface area (Å²) in [7, 11) is 0. The van der Waals surface area contributed by atoms with Crippen molar-refractivity contribution in [2.45, 2.75) is 6.92 Å². The molecular formula is C18H17BrN2O5S. The van der Waals surface area contributed by atoms with Crippen LogP contribution in [0.15, 0.2) is 40.9 Å². The Morgan fingerprint density at radius 3 is 2.78 bits per heavy atom. The first-order chi connectivity index (χ1) is 12.9. The summed E-state index contributed by atoms with van der Waals surface area (Å²) in [6.07, 6.45) is 2.97. The molecule has 0 aliphatic carbocycles. The van der Waals surface area contributed by atoms with E-state index in [1.165, 1.54) is 17.1 Å². The second-order valence-corrected chi connectivity index (χ2v) is 6.55.